The number of hydrogen-bond donors (Lipinski definition) is 1. The molecular weight excluding hydrogens is 464 g/mol. The maximum Gasteiger partial charge on any atom is 0.511 e. The molecule has 3 heterocycles. The first-order valence-corrected chi connectivity index (χ1v) is 12.4. The molecule has 8 heteroatoms. The Morgan fingerprint density at radius 2 is 1.71 bits per heavy atom. The highest BCUT2D eigenvalue weighted by atomic mass is 35.5. The van der Waals surface area contributed by atoms with Crippen LogP contribution >= 0.6 is 11.6 Å². The number of fused-ring (bicyclic) bond motifs is 2. The Kier molecular flexibility index (Phi) is 7.06. The SMILES string of the molecule is O=C(O)Oc1cccnc1N1CCN(CCCN2c3ccccc3CCc3ccc(Cl)cc32)CC1. The molecule has 1 N–H and O–H groups in total. The van der Waals surface area contributed by atoms with Gasteiger partial charge in [0.05, 0.1) is 0 Å². The Morgan fingerprint density at radius 1 is 0.943 bits per heavy atom. The van der Waals surface area contributed by atoms with Crippen molar-refractivity contribution >= 4 is 34.9 Å². The van der Waals surface area contributed by atoms with Gasteiger partial charge in [0.1, 0.15) is 0 Å². The molecule has 0 radical (unpaired) electrons. The molecule has 0 spiro atoms. The summed E-state index contributed by atoms with van der Waals surface area (Å²) in [6.45, 7) is 5.24. The summed E-state index contributed by atoms with van der Waals surface area (Å²) in [5.41, 5.74) is 5.21. The lowest BCUT2D eigenvalue weighted by atomic mass is 10.0. The fraction of sp³-hybridized carbons (Fsp3) is 0.333. The number of aromatic nitrogens is 1. The van der Waals surface area contributed by atoms with Gasteiger partial charge in [0.15, 0.2) is 11.6 Å². The Bertz CT molecular complexity index is 1200. The van der Waals surface area contributed by atoms with Crippen LogP contribution in [-0.2, 0) is 12.8 Å². The number of nitrogens with zero attached hydrogens (tertiary/aromatic N) is 4. The summed E-state index contributed by atoms with van der Waals surface area (Å²) in [6, 6.07) is 18.3. The molecule has 1 aromatic heterocycles. The Hall–Kier alpha value is -3.29. The van der Waals surface area contributed by atoms with E-state index in [4.69, 9.17) is 21.4 Å². The van der Waals surface area contributed by atoms with Gasteiger partial charge >= 0.3 is 6.16 Å². The van der Waals surface area contributed by atoms with Gasteiger partial charge < -0.3 is 19.6 Å². The van der Waals surface area contributed by atoms with Crippen molar-refractivity contribution in [1.29, 1.82) is 0 Å². The van der Waals surface area contributed by atoms with E-state index in [1.807, 2.05) is 6.07 Å². The second-order valence-electron chi connectivity index (χ2n) is 8.93. The van der Waals surface area contributed by atoms with E-state index in [9.17, 15) is 4.79 Å². The first-order valence-electron chi connectivity index (χ1n) is 12.1. The van der Waals surface area contributed by atoms with E-state index < -0.39 is 6.16 Å². The summed E-state index contributed by atoms with van der Waals surface area (Å²) in [5, 5.41) is 9.77. The van der Waals surface area contributed by atoms with Crippen LogP contribution in [0.15, 0.2) is 60.8 Å². The molecule has 0 bridgehead atoms. The van der Waals surface area contributed by atoms with E-state index in [2.05, 4.69) is 56.1 Å². The van der Waals surface area contributed by atoms with Gasteiger partial charge in [-0.1, -0.05) is 35.9 Å². The Balaban J connectivity index is 1.22. The quantitative estimate of drug-likeness (QED) is 0.472. The lowest BCUT2D eigenvalue weighted by molar-refractivity contribution is 0.144. The van der Waals surface area contributed by atoms with Crippen LogP contribution in [0.25, 0.3) is 0 Å². The van der Waals surface area contributed by atoms with E-state index in [0.717, 1.165) is 63.6 Å². The van der Waals surface area contributed by atoms with E-state index in [1.165, 1.54) is 22.5 Å². The van der Waals surface area contributed by atoms with E-state index in [-0.39, 0.29) is 5.75 Å². The maximum absolute atomic E-state index is 11.0. The zero-order valence-electron chi connectivity index (χ0n) is 19.6. The number of carbonyl (C=O) groups is 1. The van der Waals surface area contributed by atoms with Crippen LogP contribution in [0, 0.1) is 0 Å². The van der Waals surface area contributed by atoms with Gasteiger partial charge in [-0.2, -0.15) is 0 Å². The van der Waals surface area contributed by atoms with Crippen molar-refractivity contribution in [3.05, 3.63) is 76.9 Å². The van der Waals surface area contributed by atoms with Crippen molar-refractivity contribution in [3.8, 4) is 5.75 Å². The zero-order valence-corrected chi connectivity index (χ0v) is 20.3. The molecule has 2 aromatic carbocycles. The second-order valence-corrected chi connectivity index (χ2v) is 9.37. The zero-order chi connectivity index (χ0) is 24.2. The number of aryl methyl sites for hydroxylation is 2. The third-order valence-corrected chi connectivity index (χ3v) is 7.00. The van der Waals surface area contributed by atoms with Crippen molar-refractivity contribution in [1.82, 2.24) is 9.88 Å². The highest BCUT2D eigenvalue weighted by Crippen LogP contribution is 2.37. The summed E-state index contributed by atoms with van der Waals surface area (Å²) in [4.78, 5) is 22.4. The number of ether oxygens (including phenoxy) is 1. The molecule has 0 amide bonds. The van der Waals surface area contributed by atoms with Gasteiger partial charge in [-0.3, -0.25) is 4.90 Å². The number of carboxylic acid groups (broad SMARTS) is 1. The van der Waals surface area contributed by atoms with Crippen LogP contribution in [-0.4, -0.2) is 60.4 Å². The minimum atomic E-state index is -1.32. The third kappa shape index (κ3) is 5.36. The summed E-state index contributed by atoms with van der Waals surface area (Å²) in [6.07, 6.45) is 3.42. The molecule has 0 unspecified atom stereocenters. The van der Waals surface area contributed by atoms with Crippen LogP contribution in [0.3, 0.4) is 0 Å². The molecular formula is C27H29ClN4O3. The van der Waals surface area contributed by atoms with E-state index in [1.54, 1.807) is 18.3 Å². The summed E-state index contributed by atoms with van der Waals surface area (Å²) >= 11 is 6.40. The molecule has 1 fully saturated rings. The number of halogens is 1. The minimum Gasteiger partial charge on any atom is -0.449 e. The normalized spacial score (nSPS) is 15.8. The molecule has 0 aliphatic carbocycles. The molecule has 0 atom stereocenters. The van der Waals surface area contributed by atoms with Crippen LogP contribution in [0.1, 0.15) is 17.5 Å². The topological polar surface area (TPSA) is 69.1 Å². The number of rotatable bonds is 6. The molecule has 5 rings (SSSR count). The lowest BCUT2D eigenvalue weighted by Crippen LogP contribution is -2.47. The predicted octanol–water partition coefficient (Wildman–Crippen LogP) is 5.24. The van der Waals surface area contributed by atoms with Crippen LogP contribution in [0.4, 0.5) is 22.0 Å². The molecule has 1 saturated heterocycles. The van der Waals surface area contributed by atoms with Crippen LogP contribution in [0.5, 0.6) is 5.75 Å². The molecule has 7 nitrogen and oxygen atoms in total. The van der Waals surface area contributed by atoms with E-state index in [0.29, 0.717) is 5.82 Å². The van der Waals surface area contributed by atoms with Crippen molar-refractivity contribution in [2.75, 3.05) is 49.1 Å². The second kappa shape index (κ2) is 10.5. The van der Waals surface area contributed by atoms with Crippen molar-refractivity contribution in [2.45, 2.75) is 19.3 Å². The number of pyridine rings is 1. The summed E-state index contributed by atoms with van der Waals surface area (Å²) in [7, 11) is 0. The van der Waals surface area contributed by atoms with Crippen LogP contribution in [0.2, 0.25) is 5.02 Å². The third-order valence-electron chi connectivity index (χ3n) is 6.76. The van der Waals surface area contributed by atoms with Gasteiger partial charge in [0, 0.05) is 55.3 Å². The Labute approximate surface area is 210 Å². The van der Waals surface area contributed by atoms with Crippen molar-refractivity contribution in [3.63, 3.8) is 0 Å². The predicted molar refractivity (Wildman–Crippen MR) is 138 cm³/mol. The number of hydrogen-bond acceptors (Lipinski definition) is 6. The fourth-order valence-electron chi connectivity index (χ4n) is 5.05. The first kappa shape index (κ1) is 23.5. The van der Waals surface area contributed by atoms with Gasteiger partial charge in [0.25, 0.3) is 0 Å². The Morgan fingerprint density at radius 3 is 2.51 bits per heavy atom. The molecule has 3 aromatic rings. The molecule has 2 aliphatic heterocycles. The smallest absolute Gasteiger partial charge is 0.449 e. The number of piperazine rings is 1. The molecule has 0 saturated carbocycles. The van der Waals surface area contributed by atoms with Crippen LogP contribution < -0.4 is 14.5 Å². The van der Waals surface area contributed by atoms with Crippen molar-refractivity contribution in [2.24, 2.45) is 0 Å². The highest BCUT2D eigenvalue weighted by molar-refractivity contribution is 6.30. The monoisotopic (exact) mass is 492 g/mol. The lowest BCUT2D eigenvalue weighted by Gasteiger charge is -2.36. The highest BCUT2D eigenvalue weighted by Gasteiger charge is 2.23. The number of benzene rings is 2. The maximum atomic E-state index is 11.0. The molecule has 35 heavy (non-hydrogen) atoms. The average molecular weight is 493 g/mol. The average Bonchev–Trinajstić information content (AvgIpc) is 3.01. The summed E-state index contributed by atoms with van der Waals surface area (Å²) in [5.74, 6) is 0.870. The standard InChI is InChI=1S/C27H29ClN4O3/c28-22-11-10-21-9-8-20-5-1-2-6-23(20)32(24(21)19-22)14-4-13-30-15-17-31(18-16-30)26-25(35-27(33)34)7-3-12-29-26/h1-3,5-7,10-12,19H,4,8-9,13-18H2,(H,33,34). The van der Waals surface area contributed by atoms with E-state index >= 15 is 0 Å². The van der Waals surface area contributed by atoms with Gasteiger partial charge in [-0.05, 0) is 67.3 Å². The van der Waals surface area contributed by atoms with Gasteiger partial charge in [-0.15, -0.1) is 0 Å². The molecule has 2 aliphatic rings. The van der Waals surface area contributed by atoms with Gasteiger partial charge in [-0.25, -0.2) is 9.78 Å². The fourth-order valence-corrected chi connectivity index (χ4v) is 5.22. The van der Waals surface area contributed by atoms with Gasteiger partial charge in [0.2, 0.25) is 0 Å². The van der Waals surface area contributed by atoms with Crippen molar-refractivity contribution < 1.29 is 14.6 Å². The number of para-hydroxylation sites is 1. The summed E-state index contributed by atoms with van der Waals surface area (Å²) < 4.78 is 4.92. The number of anilines is 3. The molecule has 182 valence electrons. The minimum absolute atomic E-state index is 0.283. The largest absolute Gasteiger partial charge is 0.511 e. The first-order chi connectivity index (χ1) is 17.1.